The molecule has 0 saturated heterocycles. The first-order valence-electron chi connectivity index (χ1n) is 6.66. The summed E-state index contributed by atoms with van der Waals surface area (Å²) in [7, 11) is -3.53. The molecule has 2 rings (SSSR count). The predicted octanol–water partition coefficient (Wildman–Crippen LogP) is 2.41. The van der Waals surface area contributed by atoms with Crippen LogP contribution in [0.5, 0.6) is 0 Å². The van der Waals surface area contributed by atoms with Gasteiger partial charge < -0.3 is 5.11 Å². The van der Waals surface area contributed by atoms with Gasteiger partial charge in [0.15, 0.2) is 0 Å². The number of rotatable bonds is 5. The van der Waals surface area contributed by atoms with E-state index in [1.807, 2.05) is 6.92 Å². The number of nitrogens with one attached hydrogen (secondary N) is 1. The Labute approximate surface area is 118 Å². The summed E-state index contributed by atoms with van der Waals surface area (Å²) in [5.74, 6) is 0.436. The smallest absolute Gasteiger partial charge is 0.242 e. The quantitative estimate of drug-likeness (QED) is 0.878. The molecule has 2 N–H and O–H groups in total. The Kier molecular flexibility index (Phi) is 4.66. The number of hydrogen-bond donors (Lipinski definition) is 2. The highest BCUT2D eigenvalue weighted by molar-refractivity contribution is 7.89. The molecule has 4 nitrogen and oxygen atoms in total. The Morgan fingerprint density at radius 2 is 2.11 bits per heavy atom. The molecule has 0 aliphatic heterocycles. The zero-order chi connectivity index (χ0) is 14.0. The van der Waals surface area contributed by atoms with Gasteiger partial charge in [-0.05, 0) is 43.6 Å². The van der Waals surface area contributed by atoms with Crippen LogP contribution in [0.4, 0.5) is 0 Å². The van der Waals surface area contributed by atoms with Gasteiger partial charge in [0.2, 0.25) is 10.0 Å². The molecule has 108 valence electrons. The van der Waals surface area contributed by atoms with Crippen molar-refractivity contribution >= 4 is 21.4 Å². The summed E-state index contributed by atoms with van der Waals surface area (Å²) in [5, 5.41) is 11.0. The fraction of sp³-hybridized carbons (Fsp3) is 0.692. The van der Waals surface area contributed by atoms with Gasteiger partial charge in [0, 0.05) is 6.04 Å². The number of aryl methyl sites for hydroxylation is 1. The van der Waals surface area contributed by atoms with E-state index in [0.717, 1.165) is 12.8 Å². The van der Waals surface area contributed by atoms with E-state index in [-0.39, 0.29) is 17.5 Å². The van der Waals surface area contributed by atoms with Gasteiger partial charge in [-0.25, -0.2) is 13.1 Å². The van der Waals surface area contributed by atoms with Crippen LogP contribution in [0.2, 0.25) is 0 Å². The van der Waals surface area contributed by atoms with Crippen molar-refractivity contribution in [2.24, 2.45) is 5.92 Å². The normalized spacial score (nSPS) is 18.9. The molecule has 1 heterocycles. The van der Waals surface area contributed by atoms with Crippen molar-refractivity contribution in [3.05, 3.63) is 15.8 Å². The monoisotopic (exact) mass is 303 g/mol. The van der Waals surface area contributed by atoms with Crippen LogP contribution < -0.4 is 4.72 Å². The number of sulfonamides is 1. The molecule has 6 heteroatoms. The molecular formula is C13H21NO3S2. The summed E-state index contributed by atoms with van der Waals surface area (Å²) >= 11 is 1.29. The maximum atomic E-state index is 12.4. The van der Waals surface area contributed by atoms with Gasteiger partial charge in [-0.15, -0.1) is 11.3 Å². The molecule has 1 unspecified atom stereocenters. The van der Waals surface area contributed by atoms with Crippen LogP contribution in [0.25, 0.3) is 0 Å². The molecule has 1 aromatic rings. The zero-order valence-corrected chi connectivity index (χ0v) is 13.0. The van der Waals surface area contributed by atoms with Gasteiger partial charge in [-0.1, -0.05) is 12.8 Å². The van der Waals surface area contributed by atoms with Crippen LogP contribution in [0, 0.1) is 12.8 Å². The van der Waals surface area contributed by atoms with Crippen LogP contribution >= 0.6 is 11.3 Å². The molecule has 1 aliphatic carbocycles. The van der Waals surface area contributed by atoms with Crippen molar-refractivity contribution in [2.45, 2.75) is 57.1 Å². The van der Waals surface area contributed by atoms with E-state index >= 15 is 0 Å². The Hall–Kier alpha value is -0.430. The summed E-state index contributed by atoms with van der Waals surface area (Å²) < 4.78 is 27.7. The van der Waals surface area contributed by atoms with E-state index in [4.69, 9.17) is 0 Å². The average Bonchev–Trinajstić information content (AvgIpc) is 2.96. The van der Waals surface area contributed by atoms with Gasteiger partial charge in [-0.2, -0.15) is 0 Å². The van der Waals surface area contributed by atoms with E-state index in [1.54, 1.807) is 12.3 Å². The Balaban J connectivity index is 2.19. The first-order valence-corrected chi connectivity index (χ1v) is 9.02. The number of thiophene rings is 1. The fourth-order valence-electron chi connectivity index (χ4n) is 2.81. The number of aliphatic hydroxyl groups excluding tert-OH is 1. The largest absolute Gasteiger partial charge is 0.391 e. The molecule has 0 spiro atoms. The Morgan fingerprint density at radius 1 is 1.47 bits per heavy atom. The Bertz CT molecular complexity index is 530. The van der Waals surface area contributed by atoms with Crippen molar-refractivity contribution in [3.8, 4) is 0 Å². The predicted molar refractivity (Wildman–Crippen MR) is 76.7 cm³/mol. The maximum absolute atomic E-state index is 12.4. The second kappa shape index (κ2) is 5.91. The molecule has 0 aromatic carbocycles. The van der Waals surface area contributed by atoms with Crippen molar-refractivity contribution < 1.29 is 13.5 Å². The lowest BCUT2D eigenvalue weighted by molar-refractivity contribution is 0.282. The third-order valence-corrected chi connectivity index (χ3v) is 6.86. The molecule has 0 amide bonds. The number of hydrogen-bond acceptors (Lipinski definition) is 4. The molecule has 1 atom stereocenters. The lowest BCUT2D eigenvalue weighted by Crippen LogP contribution is -2.37. The lowest BCUT2D eigenvalue weighted by atomic mass is 10.0. The highest BCUT2D eigenvalue weighted by Crippen LogP contribution is 2.30. The third kappa shape index (κ3) is 3.18. The van der Waals surface area contributed by atoms with Crippen molar-refractivity contribution in [1.29, 1.82) is 0 Å². The molecule has 1 aliphatic rings. The van der Waals surface area contributed by atoms with Crippen molar-refractivity contribution in [1.82, 2.24) is 4.72 Å². The van der Waals surface area contributed by atoms with Crippen LogP contribution in [-0.2, 0) is 16.6 Å². The summed E-state index contributed by atoms with van der Waals surface area (Å²) in [6, 6.07) is -0.0432. The summed E-state index contributed by atoms with van der Waals surface area (Å²) in [4.78, 5) is 0.786. The second-order valence-electron chi connectivity index (χ2n) is 5.28. The van der Waals surface area contributed by atoms with Crippen LogP contribution in [0.15, 0.2) is 10.3 Å². The summed E-state index contributed by atoms with van der Waals surface area (Å²) in [6.45, 7) is 3.48. The lowest BCUT2D eigenvalue weighted by Gasteiger charge is -2.20. The number of aliphatic hydroxyl groups is 1. The van der Waals surface area contributed by atoms with Crippen LogP contribution in [0.1, 0.15) is 43.0 Å². The topological polar surface area (TPSA) is 66.4 Å². The van der Waals surface area contributed by atoms with Gasteiger partial charge in [-0.3, -0.25) is 0 Å². The minimum atomic E-state index is -3.53. The minimum Gasteiger partial charge on any atom is -0.391 e. The van der Waals surface area contributed by atoms with Crippen molar-refractivity contribution in [3.63, 3.8) is 0 Å². The molecule has 1 saturated carbocycles. The zero-order valence-electron chi connectivity index (χ0n) is 11.3. The van der Waals surface area contributed by atoms with Gasteiger partial charge >= 0.3 is 0 Å². The molecule has 0 bridgehead atoms. The van der Waals surface area contributed by atoms with E-state index < -0.39 is 10.0 Å². The molecular weight excluding hydrogens is 282 g/mol. The first-order chi connectivity index (χ1) is 8.95. The summed E-state index contributed by atoms with van der Waals surface area (Å²) in [5.41, 5.74) is 0.708. The van der Waals surface area contributed by atoms with Gasteiger partial charge in [0.25, 0.3) is 0 Å². The second-order valence-corrected chi connectivity index (χ2v) is 7.90. The Morgan fingerprint density at radius 3 is 2.68 bits per heavy atom. The van der Waals surface area contributed by atoms with Crippen LogP contribution in [0.3, 0.4) is 0 Å². The highest BCUT2D eigenvalue weighted by Gasteiger charge is 2.29. The first kappa shape index (κ1) is 15.0. The van der Waals surface area contributed by atoms with E-state index in [2.05, 4.69) is 4.72 Å². The van der Waals surface area contributed by atoms with E-state index in [1.165, 1.54) is 24.2 Å². The minimum absolute atomic E-state index is 0.0432. The highest BCUT2D eigenvalue weighted by atomic mass is 32.2. The van der Waals surface area contributed by atoms with Crippen molar-refractivity contribution in [2.75, 3.05) is 0 Å². The SMILES string of the molecule is Cc1csc(CO)c1S(=O)(=O)NC(C)C1CCCC1. The standard InChI is InChI=1S/C13H21NO3S2/c1-9-8-18-12(7-15)13(9)19(16,17)14-10(2)11-5-3-4-6-11/h8,10-11,14-15H,3-7H2,1-2H3. The molecule has 1 fully saturated rings. The average molecular weight is 303 g/mol. The summed E-state index contributed by atoms with van der Waals surface area (Å²) in [6.07, 6.45) is 4.57. The van der Waals surface area contributed by atoms with Gasteiger partial charge in [0.1, 0.15) is 4.90 Å². The molecule has 0 radical (unpaired) electrons. The van der Waals surface area contributed by atoms with E-state index in [9.17, 15) is 13.5 Å². The maximum Gasteiger partial charge on any atom is 0.242 e. The fourth-order valence-corrected chi connectivity index (χ4v) is 5.79. The molecule has 19 heavy (non-hydrogen) atoms. The molecule has 1 aromatic heterocycles. The van der Waals surface area contributed by atoms with Gasteiger partial charge in [0.05, 0.1) is 11.5 Å². The van der Waals surface area contributed by atoms with E-state index in [0.29, 0.717) is 16.4 Å². The third-order valence-electron chi connectivity index (χ3n) is 3.85. The van der Waals surface area contributed by atoms with Crippen LogP contribution in [-0.4, -0.2) is 19.6 Å².